The topological polar surface area (TPSA) is 64.1 Å². The normalized spacial score (nSPS) is 12.1. The maximum atomic E-state index is 12.1. The molecular weight excluding hydrogens is 363 g/mol. The molecule has 0 radical (unpaired) electrons. The highest BCUT2D eigenvalue weighted by Crippen LogP contribution is 2.22. The first-order valence-corrected chi connectivity index (χ1v) is 8.88. The monoisotopic (exact) mass is 391 g/mol. The van der Waals surface area contributed by atoms with Crippen LogP contribution in [0.3, 0.4) is 0 Å². The second kappa shape index (κ2) is 13.2. The molecule has 27 heavy (non-hydrogen) atoms. The molecule has 0 saturated carbocycles. The molecule has 1 rings (SSSR count). The van der Waals surface area contributed by atoms with Crippen molar-refractivity contribution in [1.82, 2.24) is 10.6 Å². The van der Waals surface area contributed by atoms with Crippen LogP contribution in [0.5, 0.6) is 5.75 Å². The zero-order valence-corrected chi connectivity index (χ0v) is 15.8. The second-order valence-electron chi connectivity index (χ2n) is 5.59. The van der Waals surface area contributed by atoms with Crippen molar-refractivity contribution in [2.45, 2.75) is 26.1 Å². The summed E-state index contributed by atoms with van der Waals surface area (Å²) in [5.41, 5.74) is 0.902. The van der Waals surface area contributed by atoms with E-state index >= 15 is 0 Å². The maximum absolute atomic E-state index is 12.1. The van der Waals surface area contributed by atoms with Gasteiger partial charge >= 0.3 is 6.36 Å². The van der Waals surface area contributed by atoms with Gasteiger partial charge in [-0.2, -0.15) is 0 Å². The smallest absolute Gasteiger partial charge is 0.406 e. The van der Waals surface area contributed by atoms with Crippen LogP contribution in [0.25, 0.3) is 0 Å². The summed E-state index contributed by atoms with van der Waals surface area (Å²) < 4.78 is 50.6. The number of benzene rings is 1. The van der Waals surface area contributed by atoms with Gasteiger partial charge < -0.3 is 24.8 Å². The molecule has 0 aromatic heterocycles. The molecule has 0 saturated heterocycles. The summed E-state index contributed by atoms with van der Waals surface area (Å²) in [7, 11) is 1.63. The standard InChI is InChI=1S/C18H28F3N3O3/c1-3-22-17(23-10-4-12-26-14-13-25-2)24-11-9-15-5-7-16(8-6-15)27-18(19,20)21/h5-8H,3-4,9-14H2,1-2H3,(H2,22,23,24). The van der Waals surface area contributed by atoms with Crippen LogP contribution in [0.15, 0.2) is 29.3 Å². The molecule has 6 nitrogen and oxygen atoms in total. The number of nitrogens with zero attached hydrogens (tertiary/aromatic N) is 1. The van der Waals surface area contributed by atoms with E-state index in [4.69, 9.17) is 9.47 Å². The summed E-state index contributed by atoms with van der Waals surface area (Å²) in [6, 6.07) is 5.85. The maximum Gasteiger partial charge on any atom is 0.573 e. The molecular formula is C18H28F3N3O3. The number of aliphatic imine (C=N–C) groups is 1. The number of nitrogens with one attached hydrogen (secondary N) is 2. The Balaban J connectivity index is 2.31. The summed E-state index contributed by atoms with van der Waals surface area (Å²) in [5.74, 6) is 0.480. The molecule has 154 valence electrons. The van der Waals surface area contributed by atoms with Gasteiger partial charge in [-0.15, -0.1) is 13.2 Å². The highest BCUT2D eigenvalue weighted by Gasteiger charge is 2.30. The molecule has 0 amide bonds. The fraction of sp³-hybridized carbons (Fsp3) is 0.611. The zero-order valence-electron chi connectivity index (χ0n) is 15.8. The molecule has 2 N–H and O–H groups in total. The quantitative estimate of drug-likeness (QED) is 0.326. The van der Waals surface area contributed by atoms with Gasteiger partial charge in [-0.05, 0) is 37.5 Å². The fourth-order valence-corrected chi connectivity index (χ4v) is 2.13. The lowest BCUT2D eigenvalue weighted by Gasteiger charge is -2.12. The molecule has 1 aromatic carbocycles. The molecule has 0 fully saturated rings. The molecule has 0 bridgehead atoms. The van der Waals surface area contributed by atoms with E-state index in [1.54, 1.807) is 19.2 Å². The Hall–Kier alpha value is -2.00. The third kappa shape index (κ3) is 12.1. The van der Waals surface area contributed by atoms with Crippen molar-refractivity contribution in [1.29, 1.82) is 0 Å². The highest BCUT2D eigenvalue weighted by atomic mass is 19.4. The van der Waals surface area contributed by atoms with Gasteiger partial charge in [0.25, 0.3) is 0 Å². The highest BCUT2D eigenvalue weighted by molar-refractivity contribution is 5.79. The molecule has 0 unspecified atom stereocenters. The third-order valence-electron chi connectivity index (χ3n) is 3.36. The van der Waals surface area contributed by atoms with E-state index in [1.807, 2.05) is 6.92 Å². The summed E-state index contributed by atoms with van der Waals surface area (Å²) >= 11 is 0. The third-order valence-corrected chi connectivity index (χ3v) is 3.36. The minimum Gasteiger partial charge on any atom is -0.406 e. The first-order chi connectivity index (χ1) is 12.9. The average molecular weight is 391 g/mol. The lowest BCUT2D eigenvalue weighted by atomic mass is 10.1. The molecule has 9 heteroatoms. The van der Waals surface area contributed by atoms with Gasteiger partial charge in [-0.3, -0.25) is 4.99 Å². The second-order valence-corrected chi connectivity index (χ2v) is 5.59. The number of halogens is 3. The summed E-state index contributed by atoms with van der Waals surface area (Å²) in [6.07, 6.45) is -3.22. The first-order valence-electron chi connectivity index (χ1n) is 8.88. The number of rotatable bonds is 12. The van der Waals surface area contributed by atoms with Gasteiger partial charge in [-0.1, -0.05) is 12.1 Å². The summed E-state index contributed by atoms with van der Waals surface area (Å²) in [6.45, 7) is 5.73. The van der Waals surface area contributed by atoms with Crippen molar-refractivity contribution < 1.29 is 27.4 Å². The van der Waals surface area contributed by atoms with Crippen molar-refractivity contribution in [2.75, 3.05) is 46.6 Å². The molecule has 0 heterocycles. The molecule has 0 aliphatic heterocycles. The Morgan fingerprint density at radius 1 is 1.07 bits per heavy atom. The van der Waals surface area contributed by atoms with E-state index in [0.717, 1.165) is 18.5 Å². The Bertz CT molecular complexity index is 537. The molecule has 0 atom stereocenters. The van der Waals surface area contributed by atoms with E-state index in [9.17, 15) is 13.2 Å². The van der Waals surface area contributed by atoms with E-state index in [0.29, 0.717) is 45.3 Å². The van der Waals surface area contributed by atoms with E-state index in [2.05, 4.69) is 20.4 Å². The predicted octanol–water partition coefficient (Wildman–Crippen LogP) is 2.74. The lowest BCUT2D eigenvalue weighted by Crippen LogP contribution is -2.38. The van der Waals surface area contributed by atoms with Gasteiger partial charge in [0.05, 0.1) is 13.2 Å². The number of guanidine groups is 1. The fourth-order valence-electron chi connectivity index (χ4n) is 2.13. The zero-order chi connectivity index (χ0) is 20.0. The summed E-state index contributed by atoms with van der Waals surface area (Å²) in [4.78, 5) is 4.46. The van der Waals surface area contributed by atoms with Gasteiger partial charge in [0, 0.05) is 33.4 Å². The Labute approximate surface area is 158 Å². The summed E-state index contributed by atoms with van der Waals surface area (Å²) in [5, 5.41) is 6.35. The van der Waals surface area contributed by atoms with Gasteiger partial charge in [-0.25, -0.2) is 0 Å². The molecule has 0 aliphatic rings. The van der Waals surface area contributed by atoms with Crippen LogP contribution in [0, 0.1) is 0 Å². The number of methoxy groups -OCH3 is 1. The Kier molecular flexibility index (Phi) is 11.3. The van der Waals surface area contributed by atoms with E-state index in [1.165, 1.54) is 12.1 Å². The molecule has 1 aromatic rings. The molecule has 0 spiro atoms. The van der Waals surface area contributed by atoms with Crippen molar-refractivity contribution in [3.8, 4) is 5.75 Å². The first kappa shape index (κ1) is 23.0. The van der Waals surface area contributed by atoms with E-state index < -0.39 is 6.36 Å². The SMILES string of the molecule is CCNC(=NCCCOCCOC)NCCc1ccc(OC(F)(F)F)cc1. The minimum absolute atomic E-state index is 0.221. The van der Waals surface area contributed by atoms with Crippen LogP contribution in [0.2, 0.25) is 0 Å². The predicted molar refractivity (Wildman–Crippen MR) is 98.1 cm³/mol. The van der Waals surface area contributed by atoms with Crippen LogP contribution in [0.1, 0.15) is 18.9 Å². The molecule has 0 aliphatic carbocycles. The number of hydrogen-bond acceptors (Lipinski definition) is 4. The van der Waals surface area contributed by atoms with Crippen LogP contribution in [0.4, 0.5) is 13.2 Å². The Morgan fingerprint density at radius 2 is 1.81 bits per heavy atom. The van der Waals surface area contributed by atoms with Crippen LogP contribution >= 0.6 is 0 Å². The van der Waals surface area contributed by atoms with Gasteiger partial charge in [0.2, 0.25) is 0 Å². The number of ether oxygens (including phenoxy) is 3. The number of alkyl halides is 3. The van der Waals surface area contributed by atoms with Gasteiger partial charge in [0.15, 0.2) is 5.96 Å². The van der Waals surface area contributed by atoms with Crippen molar-refractivity contribution in [2.24, 2.45) is 4.99 Å². The number of hydrogen-bond donors (Lipinski definition) is 2. The van der Waals surface area contributed by atoms with Crippen LogP contribution < -0.4 is 15.4 Å². The van der Waals surface area contributed by atoms with Crippen molar-refractivity contribution in [3.05, 3.63) is 29.8 Å². The Morgan fingerprint density at radius 3 is 2.44 bits per heavy atom. The van der Waals surface area contributed by atoms with Crippen LogP contribution in [-0.2, 0) is 15.9 Å². The minimum atomic E-state index is -4.67. The van der Waals surface area contributed by atoms with Crippen LogP contribution in [-0.4, -0.2) is 58.9 Å². The largest absolute Gasteiger partial charge is 0.573 e. The van der Waals surface area contributed by atoms with Crippen molar-refractivity contribution >= 4 is 5.96 Å². The van der Waals surface area contributed by atoms with Crippen molar-refractivity contribution in [3.63, 3.8) is 0 Å². The van der Waals surface area contributed by atoms with E-state index in [-0.39, 0.29) is 5.75 Å². The average Bonchev–Trinajstić information content (AvgIpc) is 2.61. The van der Waals surface area contributed by atoms with Gasteiger partial charge in [0.1, 0.15) is 5.75 Å². The lowest BCUT2D eigenvalue weighted by molar-refractivity contribution is -0.274.